The Morgan fingerprint density at radius 3 is 2.42 bits per heavy atom. The SMILES string of the molecule is O=C(O)c1csc(-c2c(F)cc(OCc3ccccc3)cc2F)n1. The highest BCUT2D eigenvalue weighted by Crippen LogP contribution is 2.32. The Labute approximate surface area is 140 Å². The van der Waals surface area contributed by atoms with E-state index in [1.54, 1.807) is 0 Å². The summed E-state index contributed by atoms with van der Waals surface area (Å²) >= 11 is 0.863. The summed E-state index contributed by atoms with van der Waals surface area (Å²) in [5.74, 6) is -2.91. The van der Waals surface area contributed by atoms with Gasteiger partial charge in [-0.2, -0.15) is 0 Å². The number of nitrogens with zero attached hydrogens (tertiary/aromatic N) is 1. The van der Waals surface area contributed by atoms with E-state index in [4.69, 9.17) is 9.84 Å². The number of ether oxygens (including phenoxy) is 1. The van der Waals surface area contributed by atoms with Crippen LogP contribution in [0.25, 0.3) is 10.6 Å². The molecule has 3 aromatic rings. The van der Waals surface area contributed by atoms with E-state index < -0.39 is 17.6 Å². The Hall–Kier alpha value is -2.80. The molecular weight excluding hydrogens is 336 g/mol. The Balaban J connectivity index is 1.84. The molecule has 0 saturated heterocycles. The summed E-state index contributed by atoms with van der Waals surface area (Å²) in [6.45, 7) is 0.180. The highest BCUT2D eigenvalue weighted by molar-refractivity contribution is 7.13. The van der Waals surface area contributed by atoms with Crippen molar-refractivity contribution in [2.75, 3.05) is 0 Å². The van der Waals surface area contributed by atoms with Crippen molar-refractivity contribution in [3.05, 3.63) is 70.7 Å². The molecule has 122 valence electrons. The predicted octanol–water partition coefficient (Wildman–Crippen LogP) is 4.37. The monoisotopic (exact) mass is 347 g/mol. The van der Waals surface area contributed by atoms with Gasteiger partial charge in [0.2, 0.25) is 0 Å². The van der Waals surface area contributed by atoms with E-state index in [0.717, 1.165) is 29.0 Å². The van der Waals surface area contributed by atoms with Crippen LogP contribution in [-0.2, 0) is 6.61 Å². The predicted molar refractivity (Wildman–Crippen MR) is 85.2 cm³/mol. The average molecular weight is 347 g/mol. The number of carboxylic acids is 1. The van der Waals surface area contributed by atoms with E-state index in [2.05, 4.69) is 4.98 Å². The zero-order chi connectivity index (χ0) is 17.1. The third-order valence-corrected chi connectivity index (χ3v) is 4.06. The molecule has 24 heavy (non-hydrogen) atoms. The number of hydrogen-bond acceptors (Lipinski definition) is 4. The molecule has 0 aliphatic carbocycles. The molecule has 1 heterocycles. The van der Waals surface area contributed by atoms with Gasteiger partial charge in [-0.1, -0.05) is 30.3 Å². The summed E-state index contributed by atoms with van der Waals surface area (Å²) in [5, 5.41) is 10.0. The molecule has 0 saturated carbocycles. The quantitative estimate of drug-likeness (QED) is 0.745. The summed E-state index contributed by atoms with van der Waals surface area (Å²) in [6.07, 6.45) is 0. The lowest BCUT2D eigenvalue weighted by Gasteiger charge is -2.09. The summed E-state index contributed by atoms with van der Waals surface area (Å²) in [5.41, 5.74) is 0.256. The Morgan fingerprint density at radius 1 is 1.17 bits per heavy atom. The van der Waals surface area contributed by atoms with Crippen molar-refractivity contribution in [1.82, 2.24) is 4.98 Å². The van der Waals surface area contributed by atoms with Crippen molar-refractivity contribution in [3.63, 3.8) is 0 Å². The number of aromatic nitrogens is 1. The minimum absolute atomic E-state index is 0.0305. The lowest BCUT2D eigenvalue weighted by Crippen LogP contribution is -1.99. The van der Waals surface area contributed by atoms with Gasteiger partial charge in [-0.25, -0.2) is 18.6 Å². The second kappa shape index (κ2) is 6.76. The van der Waals surface area contributed by atoms with Gasteiger partial charge < -0.3 is 9.84 Å². The third kappa shape index (κ3) is 3.41. The molecule has 1 aromatic heterocycles. The first-order valence-corrected chi connectivity index (χ1v) is 7.77. The summed E-state index contributed by atoms with van der Waals surface area (Å²) in [4.78, 5) is 14.5. The summed E-state index contributed by atoms with van der Waals surface area (Å²) in [6, 6.07) is 11.3. The number of hydrogen-bond donors (Lipinski definition) is 1. The average Bonchev–Trinajstić information content (AvgIpc) is 3.03. The second-order valence-corrected chi connectivity index (χ2v) is 5.74. The van der Waals surface area contributed by atoms with Crippen molar-refractivity contribution in [3.8, 4) is 16.3 Å². The first-order chi connectivity index (χ1) is 11.5. The number of thiazole rings is 1. The van der Waals surface area contributed by atoms with Gasteiger partial charge in [0.15, 0.2) is 5.69 Å². The fourth-order valence-electron chi connectivity index (χ4n) is 2.07. The topological polar surface area (TPSA) is 59.4 Å². The lowest BCUT2D eigenvalue weighted by atomic mass is 10.2. The number of rotatable bonds is 5. The molecule has 0 fully saturated rings. The van der Waals surface area contributed by atoms with Gasteiger partial charge in [-0.05, 0) is 5.56 Å². The highest BCUT2D eigenvalue weighted by atomic mass is 32.1. The molecule has 0 bridgehead atoms. The lowest BCUT2D eigenvalue weighted by molar-refractivity contribution is 0.0691. The van der Waals surface area contributed by atoms with Crippen molar-refractivity contribution in [1.29, 1.82) is 0 Å². The van der Waals surface area contributed by atoms with E-state index in [1.165, 1.54) is 5.38 Å². The molecule has 0 amide bonds. The number of carboxylic acid groups (broad SMARTS) is 1. The van der Waals surface area contributed by atoms with Gasteiger partial charge in [0.1, 0.15) is 29.0 Å². The summed E-state index contributed by atoms with van der Waals surface area (Å²) in [7, 11) is 0. The van der Waals surface area contributed by atoms with E-state index in [0.29, 0.717) is 0 Å². The van der Waals surface area contributed by atoms with Crippen molar-refractivity contribution >= 4 is 17.3 Å². The molecule has 0 atom stereocenters. The smallest absolute Gasteiger partial charge is 0.355 e. The standard InChI is InChI=1S/C17H11F2NO3S/c18-12-6-11(23-8-10-4-2-1-3-5-10)7-13(19)15(12)16-20-14(9-24-16)17(21)22/h1-7,9H,8H2,(H,21,22). The number of benzene rings is 2. The van der Waals surface area contributed by atoms with Crippen LogP contribution in [0.4, 0.5) is 8.78 Å². The molecule has 0 radical (unpaired) electrons. The minimum atomic E-state index is -1.25. The van der Waals surface area contributed by atoms with Crippen LogP contribution in [0.15, 0.2) is 47.8 Å². The zero-order valence-electron chi connectivity index (χ0n) is 12.2. The van der Waals surface area contributed by atoms with Gasteiger partial charge in [0.05, 0.1) is 5.56 Å². The van der Waals surface area contributed by atoms with Crippen LogP contribution in [0.2, 0.25) is 0 Å². The van der Waals surface area contributed by atoms with Crippen molar-refractivity contribution in [2.45, 2.75) is 6.61 Å². The Bertz CT molecular complexity index is 858. The molecule has 0 spiro atoms. The van der Waals surface area contributed by atoms with Crippen LogP contribution in [-0.4, -0.2) is 16.1 Å². The molecule has 0 unspecified atom stereocenters. The minimum Gasteiger partial charge on any atom is -0.489 e. The van der Waals surface area contributed by atoms with Gasteiger partial charge in [0, 0.05) is 17.5 Å². The van der Waals surface area contributed by atoms with Crippen LogP contribution in [0.3, 0.4) is 0 Å². The molecule has 0 aliphatic heterocycles. The zero-order valence-corrected chi connectivity index (χ0v) is 13.0. The van der Waals surface area contributed by atoms with Crippen LogP contribution < -0.4 is 4.74 Å². The first-order valence-electron chi connectivity index (χ1n) is 6.89. The maximum atomic E-state index is 14.2. The van der Waals surface area contributed by atoms with Gasteiger partial charge in [-0.15, -0.1) is 11.3 Å². The van der Waals surface area contributed by atoms with Crippen LogP contribution in [0.5, 0.6) is 5.75 Å². The van der Waals surface area contributed by atoms with Gasteiger partial charge in [0.25, 0.3) is 0 Å². The normalized spacial score (nSPS) is 10.6. The largest absolute Gasteiger partial charge is 0.489 e. The van der Waals surface area contributed by atoms with E-state index in [-0.39, 0.29) is 28.6 Å². The molecule has 3 rings (SSSR count). The Kier molecular flexibility index (Phi) is 4.52. The highest BCUT2D eigenvalue weighted by Gasteiger charge is 2.19. The van der Waals surface area contributed by atoms with Gasteiger partial charge >= 0.3 is 5.97 Å². The van der Waals surface area contributed by atoms with E-state index >= 15 is 0 Å². The van der Waals surface area contributed by atoms with Gasteiger partial charge in [-0.3, -0.25) is 0 Å². The van der Waals surface area contributed by atoms with Crippen LogP contribution in [0.1, 0.15) is 16.1 Å². The number of carbonyl (C=O) groups is 1. The van der Waals surface area contributed by atoms with Crippen molar-refractivity contribution < 1.29 is 23.4 Å². The molecule has 0 aliphatic rings. The molecule has 2 aromatic carbocycles. The summed E-state index contributed by atoms with van der Waals surface area (Å²) < 4.78 is 33.9. The fraction of sp³-hybridized carbons (Fsp3) is 0.0588. The van der Waals surface area contributed by atoms with E-state index in [1.807, 2.05) is 30.3 Å². The van der Waals surface area contributed by atoms with E-state index in [9.17, 15) is 13.6 Å². The number of aromatic carboxylic acids is 1. The van der Waals surface area contributed by atoms with Crippen LogP contribution in [0, 0.1) is 11.6 Å². The molecule has 1 N–H and O–H groups in total. The maximum Gasteiger partial charge on any atom is 0.355 e. The molecule has 4 nitrogen and oxygen atoms in total. The molecule has 7 heteroatoms. The van der Waals surface area contributed by atoms with Crippen molar-refractivity contribution in [2.24, 2.45) is 0 Å². The van der Waals surface area contributed by atoms with Crippen LogP contribution >= 0.6 is 11.3 Å². The Morgan fingerprint density at radius 2 is 1.83 bits per heavy atom. The first kappa shape index (κ1) is 16.1. The molecular formula is C17H11F2NO3S. The third-order valence-electron chi connectivity index (χ3n) is 3.20. The second-order valence-electron chi connectivity index (χ2n) is 4.88. The number of halogens is 2. The fourth-order valence-corrected chi connectivity index (χ4v) is 2.91. The maximum absolute atomic E-state index is 14.2.